The molecule has 2 aromatic rings. The summed E-state index contributed by atoms with van der Waals surface area (Å²) >= 11 is 0. The van der Waals surface area contributed by atoms with Crippen LogP contribution in [0.15, 0.2) is 30.3 Å². The number of morpholine rings is 1. The zero-order valence-corrected chi connectivity index (χ0v) is 23.1. The first-order valence-corrected chi connectivity index (χ1v) is 14.6. The number of benzene rings is 1. The van der Waals surface area contributed by atoms with Crippen molar-refractivity contribution in [2.45, 2.75) is 50.4 Å². The van der Waals surface area contributed by atoms with E-state index in [4.69, 9.17) is 9.72 Å². The molecule has 0 bridgehead atoms. The summed E-state index contributed by atoms with van der Waals surface area (Å²) < 4.78 is 29.6. The van der Waals surface area contributed by atoms with E-state index in [-0.39, 0.29) is 18.1 Å². The highest BCUT2D eigenvalue weighted by Crippen LogP contribution is 2.32. The number of amides is 2. The predicted molar refractivity (Wildman–Crippen MR) is 146 cm³/mol. The zero-order valence-electron chi connectivity index (χ0n) is 22.3. The lowest BCUT2D eigenvalue weighted by Crippen LogP contribution is -2.44. The Morgan fingerprint density at radius 1 is 1.11 bits per heavy atom. The Labute approximate surface area is 219 Å². The largest absolute Gasteiger partial charge is 0.377 e. The molecule has 0 aliphatic carbocycles. The Balaban J connectivity index is 1.57. The third-order valence-electron chi connectivity index (χ3n) is 7.37. The van der Waals surface area contributed by atoms with Crippen molar-refractivity contribution in [3.63, 3.8) is 0 Å². The van der Waals surface area contributed by atoms with Crippen LogP contribution in [-0.2, 0) is 19.3 Å². The minimum Gasteiger partial charge on any atom is -0.377 e. The molecule has 2 N–H and O–H groups in total. The normalized spacial score (nSPS) is 20.0. The van der Waals surface area contributed by atoms with Crippen molar-refractivity contribution in [3.8, 4) is 11.4 Å². The number of aromatic nitrogens is 2. The predicted octanol–water partition coefficient (Wildman–Crippen LogP) is 2.86. The molecular weight excluding hydrogens is 492 g/mol. The molecule has 202 valence electrons. The van der Waals surface area contributed by atoms with E-state index in [0.717, 1.165) is 31.5 Å². The standard InChI is InChI=1S/C26H38N6O4S/c1-18-17-36-15-14-32(18)23-16-22(26(2,3)37(5,34)35)29-24(30-23)19-6-8-20(9-7-19)27-25(33)28-21-10-12-31(4)13-11-21/h6-9,16,18,21H,10-15,17H2,1-5H3,(H2,27,28,33)/t18-/m0/s1. The fourth-order valence-electron chi connectivity index (χ4n) is 4.48. The van der Waals surface area contributed by atoms with E-state index in [1.807, 2.05) is 12.1 Å². The van der Waals surface area contributed by atoms with Crippen molar-refractivity contribution in [2.75, 3.05) is 56.4 Å². The van der Waals surface area contributed by atoms with Gasteiger partial charge in [-0.2, -0.15) is 0 Å². The lowest BCUT2D eigenvalue weighted by atomic mass is 10.1. The van der Waals surface area contributed by atoms with Gasteiger partial charge in [0.1, 0.15) is 10.6 Å². The lowest BCUT2D eigenvalue weighted by molar-refractivity contribution is 0.0985. The van der Waals surface area contributed by atoms with E-state index in [2.05, 4.69) is 39.4 Å². The molecule has 0 radical (unpaired) electrons. The Kier molecular flexibility index (Phi) is 8.05. The minimum atomic E-state index is -3.44. The highest BCUT2D eigenvalue weighted by Gasteiger charge is 2.35. The Morgan fingerprint density at radius 2 is 1.78 bits per heavy atom. The quantitative estimate of drug-likeness (QED) is 0.586. The first-order chi connectivity index (χ1) is 17.4. The summed E-state index contributed by atoms with van der Waals surface area (Å²) in [6.45, 7) is 9.14. The third-order valence-corrected chi connectivity index (χ3v) is 9.44. The number of sulfone groups is 1. The van der Waals surface area contributed by atoms with Gasteiger partial charge in [0.15, 0.2) is 15.7 Å². The third kappa shape index (κ3) is 6.39. The maximum atomic E-state index is 12.6. The summed E-state index contributed by atoms with van der Waals surface area (Å²) in [6, 6.07) is 9.10. The molecule has 0 unspecified atom stereocenters. The van der Waals surface area contributed by atoms with Crippen molar-refractivity contribution in [3.05, 3.63) is 36.0 Å². The van der Waals surface area contributed by atoms with E-state index in [1.54, 1.807) is 32.0 Å². The van der Waals surface area contributed by atoms with Crippen LogP contribution >= 0.6 is 0 Å². The molecule has 2 aliphatic rings. The highest BCUT2D eigenvalue weighted by molar-refractivity contribution is 7.91. The Hall–Kier alpha value is -2.76. The van der Waals surface area contributed by atoms with Gasteiger partial charge in [0, 0.05) is 36.2 Å². The van der Waals surface area contributed by atoms with Crippen molar-refractivity contribution in [1.29, 1.82) is 0 Å². The summed E-state index contributed by atoms with van der Waals surface area (Å²) in [7, 11) is -1.35. The van der Waals surface area contributed by atoms with Crippen LogP contribution in [0.2, 0.25) is 0 Å². The molecule has 3 heterocycles. The summed E-state index contributed by atoms with van der Waals surface area (Å²) in [5, 5.41) is 5.94. The number of carbonyl (C=O) groups excluding carboxylic acids is 1. The van der Waals surface area contributed by atoms with E-state index in [9.17, 15) is 13.2 Å². The van der Waals surface area contributed by atoms with Crippen LogP contribution in [0, 0.1) is 0 Å². The number of piperidine rings is 1. The van der Waals surface area contributed by atoms with Crippen LogP contribution < -0.4 is 15.5 Å². The number of ether oxygens (including phenoxy) is 1. The summed E-state index contributed by atoms with van der Waals surface area (Å²) in [6.07, 6.45) is 3.10. The van der Waals surface area contributed by atoms with Gasteiger partial charge in [-0.3, -0.25) is 0 Å². The molecule has 1 atom stereocenters. The molecule has 0 saturated carbocycles. The number of nitrogens with zero attached hydrogens (tertiary/aromatic N) is 4. The molecule has 11 heteroatoms. The number of rotatable bonds is 6. The van der Waals surface area contributed by atoms with Gasteiger partial charge in [-0.25, -0.2) is 23.2 Å². The van der Waals surface area contributed by atoms with Gasteiger partial charge < -0.3 is 25.2 Å². The zero-order chi connectivity index (χ0) is 26.8. The number of carbonyl (C=O) groups is 1. The van der Waals surface area contributed by atoms with Crippen LogP contribution in [0.25, 0.3) is 11.4 Å². The fraction of sp³-hybridized carbons (Fsp3) is 0.577. The van der Waals surface area contributed by atoms with Crippen LogP contribution in [0.4, 0.5) is 16.3 Å². The van der Waals surface area contributed by atoms with Gasteiger partial charge in [0.05, 0.1) is 24.9 Å². The maximum Gasteiger partial charge on any atom is 0.319 e. The molecule has 0 spiro atoms. The molecule has 1 aromatic heterocycles. The van der Waals surface area contributed by atoms with Crippen molar-refractivity contribution in [1.82, 2.24) is 20.2 Å². The topological polar surface area (TPSA) is 117 Å². The summed E-state index contributed by atoms with van der Waals surface area (Å²) in [5.41, 5.74) is 1.83. The van der Waals surface area contributed by atoms with Crippen LogP contribution in [-0.4, -0.2) is 87.6 Å². The second kappa shape index (κ2) is 10.9. The first-order valence-electron chi connectivity index (χ1n) is 12.7. The summed E-state index contributed by atoms with van der Waals surface area (Å²) in [4.78, 5) is 26.4. The second-order valence-electron chi connectivity index (χ2n) is 10.6. The number of hydrogen-bond acceptors (Lipinski definition) is 8. The molecule has 4 rings (SSSR count). The van der Waals surface area contributed by atoms with Crippen molar-refractivity contribution in [2.24, 2.45) is 0 Å². The SMILES string of the molecule is C[C@H]1COCCN1c1cc(C(C)(C)S(C)(=O)=O)nc(-c2ccc(NC(=O)NC3CCN(C)CC3)cc2)n1. The van der Waals surface area contributed by atoms with Crippen molar-refractivity contribution >= 4 is 27.4 Å². The Bertz CT molecular complexity index is 1210. The van der Waals surface area contributed by atoms with Crippen LogP contribution in [0.5, 0.6) is 0 Å². The fourth-order valence-corrected chi connectivity index (χ4v) is 4.97. The average molecular weight is 531 g/mol. The number of likely N-dealkylation sites (tertiary alicyclic amines) is 1. The molecule has 1 aromatic carbocycles. The first kappa shape index (κ1) is 27.3. The van der Waals surface area contributed by atoms with E-state index >= 15 is 0 Å². The lowest BCUT2D eigenvalue weighted by Gasteiger charge is -2.35. The maximum absolute atomic E-state index is 12.6. The van der Waals surface area contributed by atoms with Gasteiger partial charge >= 0.3 is 6.03 Å². The number of hydrogen-bond donors (Lipinski definition) is 2. The second-order valence-corrected chi connectivity index (χ2v) is 13.2. The van der Waals surface area contributed by atoms with Crippen LogP contribution in [0.3, 0.4) is 0 Å². The Morgan fingerprint density at radius 3 is 2.41 bits per heavy atom. The van der Waals surface area contributed by atoms with E-state index in [0.29, 0.717) is 42.8 Å². The molecule has 2 aliphatic heterocycles. The van der Waals surface area contributed by atoms with Gasteiger partial charge in [-0.05, 0) is 78.0 Å². The summed E-state index contributed by atoms with van der Waals surface area (Å²) in [5.74, 6) is 1.11. The van der Waals surface area contributed by atoms with E-state index < -0.39 is 14.6 Å². The number of nitrogens with one attached hydrogen (secondary N) is 2. The molecular formula is C26H38N6O4S. The molecule has 37 heavy (non-hydrogen) atoms. The van der Waals surface area contributed by atoms with Gasteiger partial charge in [-0.1, -0.05) is 0 Å². The van der Waals surface area contributed by atoms with Gasteiger partial charge in [-0.15, -0.1) is 0 Å². The smallest absolute Gasteiger partial charge is 0.319 e. The van der Waals surface area contributed by atoms with Gasteiger partial charge in [0.25, 0.3) is 0 Å². The van der Waals surface area contributed by atoms with Crippen LogP contribution in [0.1, 0.15) is 39.3 Å². The molecule has 2 saturated heterocycles. The number of anilines is 2. The highest BCUT2D eigenvalue weighted by atomic mass is 32.2. The minimum absolute atomic E-state index is 0.0975. The molecule has 2 fully saturated rings. The van der Waals surface area contributed by atoms with Crippen molar-refractivity contribution < 1.29 is 17.9 Å². The van der Waals surface area contributed by atoms with E-state index in [1.165, 1.54) is 6.26 Å². The monoisotopic (exact) mass is 530 g/mol. The molecule has 2 amide bonds. The average Bonchev–Trinajstić information content (AvgIpc) is 2.85. The number of urea groups is 1. The van der Waals surface area contributed by atoms with Gasteiger partial charge in [0.2, 0.25) is 0 Å². The molecule has 10 nitrogen and oxygen atoms in total.